The van der Waals surface area contributed by atoms with Crippen molar-refractivity contribution in [1.82, 2.24) is 4.90 Å². The third-order valence-electron chi connectivity index (χ3n) is 4.22. The summed E-state index contributed by atoms with van der Waals surface area (Å²) < 4.78 is 6.59. The number of carbonyl (C=O) groups is 2. The number of carbonyl (C=O) groups excluding carboxylic acids is 1. The molecule has 0 radical (unpaired) electrons. The second-order valence-corrected chi connectivity index (χ2v) is 6.40. The first-order chi connectivity index (χ1) is 10.1. The molecule has 2 atom stereocenters. The van der Waals surface area contributed by atoms with Gasteiger partial charge in [-0.15, -0.1) is 0 Å². The third-order valence-corrected chi connectivity index (χ3v) is 4.72. The first-order valence-electron chi connectivity index (χ1n) is 6.99. The average molecular weight is 354 g/mol. The Kier molecular flexibility index (Phi) is 3.89. The second kappa shape index (κ2) is 5.67. The summed E-state index contributed by atoms with van der Waals surface area (Å²) in [5.41, 5.74) is 0.946. The molecule has 1 aromatic carbocycles. The number of halogens is 1. The van der Waals surface area contributed by atoms with Gasteiger partial charge in [0, 0.05) is 16.6 Å². The van der Waals surface area contributed by atoms with Gasteiger partial charge in [-0.2, -0.15) is 0 Å². The van der Waals surface area contributed by atoms with Crippen LogP contribution in [-0.4, -0.2) is 35.0 Å². The highest BCUT2D eigenvalue weighted by Gasteiger charge is 2.43. The number of carboxylic acid groups (broad SMARTS) is 1. The molecule has 0 saturated heterocycles. The Labute approximate surface area is 131 Å². The Balaban J connectivity index is 1.77. The van der Waals surface area contributed by atoms with Crippen LogP contribution in [0.1, 0.15) is 18.4 Å². The van der Waals surface area contributed by atoms with Crippen LogP contribution in [0.25, 0.3) is 0 Å². The van der Waals surface area contributed by atoms with Crippen LogP contribution in [0.5, 0.6) is 5.75 Å². The highest BCUT2D eigenvalue weighted by molar-refractivity contribution is 9.10. The Hall–Kier alpha value is -1.56. The van der Waals surface area contributed by atoms with E-state index in [0.717, 1.165) is 15.8 Å². The van der Waals surface area contributed by atoms with E-state index in [9.17, 15) is 9.59 Å². The zero-order valence-electron chi connectivity index (χ0n) is 11.4. The molecule has 2 aliphatic rings. The molecule has 2 unspecified atom stereocenters. The predicted octanol–water partition coefficient (Wildman–Crippen LogP) is 2.28. The van der Waals surface area contributed by atoms with Crippen molar-refractivity contribution in [2.45, 2.75) is 19.4 Å². The molecule has 1 heterocycles. The minimum Gasteiger partial charge on any atom is -0.491 e. The average Bonchev–Trinajstić information content (AvgIpc) is 2.58. The summed E-state index contributed by atoms with van der Waals surface area (Å²) in [5.74, 6) is -1.05. The molecule has 21 heavy (non-hydrogen) atoms. The fraction of sp³-hybridized carbons (Fsp3) is 0.467. The maximum absolute atomic E-state index is 12.5. The normalized spacial score (nSPS) is 24.3. The lowest BCUT2D eigenvalue weighted by Crippen LogP contribution is -2.46. The summed E-state index contributed by atoms with van der Waals surface area (Å²) in [6.07, 6.45) is 1.26. The number of nitrogens with zero attached hydrogens (tertiary/aromatic N) is 1. The molecular formula is C15H16BrNO4. The third kappa shape index (κ3) is 2.77. The first-order valence-corrected chi connectivity index (χ1v) is 7.78. The van der Waals surface area contributed by atoms with Gasteiger partial charge in [-0.3, -0.25) is 9.59 Å². The van der Waals surface area contributed by atoms with Crippen molar-refractivity contribution >= 4 is 27.8 Å². The van der Waals surface area contributed by atoms with E-state index >= 15 is 0 Å². The van der Waals surface area contributed by atoms with E-state index in [1.165, 1.54) is 0 Å². The van der Waals surface area contributed by atoms with Gasteiger partial charge in [0.1, 0.15) is 12.4 Å². The maximum Gasteiger partial charge on any atom is 0.307 e. The highest BCUT2D eigenvalue weighted by Crippen LogP contribution is 2.37. The van der Waals surface area contributed by atoms with E-state index in [1.807, 2.05) is 18.2 Å². The van der Waals surface area contributed by atoms with Crippen molar-refractivity contribution in [3.8, 4) is 5.75 Å². The van der Waals surface area contributed by atoms with Gasteiger partial charge in [0.25, 0.3) is 0 Å². The number of benzene rings is 1. The van der Waals surface area contributed by atoms with Crippen LogP contribution >= 0.6 is 15.9 Å². The molecule has 6 heteroatoms. The van der Waals surface area contributed by atoms with Crippen LogP contribution in [0, 0.1) is 11.8 Å². The van der Waals surface area contributed by atoms with Gasteiger partial charge in [-0.25, -0.2) is 0 Å². The minimum absolute atomic E-state index is 0.0647. The van der Waals surface area contributed by atoms with Crippen LogP contribution < -0.4 is 4.74 Å². The molecule has 1 N–H and O–H groups in total. The van der Waals surface area contributed by atoms with Crippen LogP contribution in [0.3, 0.4) is 0 Å². The zero-order chi connectivity index (χ0) is 15.0. The summed E-state index contributed by atoms with van der Waals surface area (Å²) in [5, 5.41) is 9.10. The molecule has 1 amide bonds. The first kappa shape index (κ1) is 14.4. The molecule has 5 nitrogen and oxygen atoms in total. The largest absolute Gasteiger partial charge is 0.491 e. The number of rotatable bonds is 2. The minimum atomic E-state index is -0.867. The monoisotopic (exact) mass is 353 g/mol. The summed E-state index contributed by atoms with van der Waals surface area (Å²) in [4.78, 5) is 25.3. The molecular weight excluding hydrogens is 338 g/mol. The van der Waals surface area contributed by atoms with Gasteiger partial charge in [-0.1, -0.05) is 15.9 Å². The van der Waals surface area contributed by atoms with Crippen molar-refractivity contribution in [1.29, 1.82) is 0 Å². The second-order valence-electron chi connectivity index (χ2n) is 5.49. The standard InChI is InChI=1S/C15H16BrNO4/c16-10-1-4-13-9(7-10)8-17(5-6-21-13)14(18)11-2-3-12(11)15(19)20/h1,4,7,11-12H,2-3,5-6,8H2,(H,19,20). The van der Waals surface area contributed by atoms with Crippen molar-refractivity contribution in [2.24, 2.45) is 11.8 Å². The van der Waals surface area contributed by atoms with E-state index in [-0.39, 0.29) is 11.8 Å². The molecule has 0 spiro atoms. The molecule has 1 saturated carbocycles. The molecule has 3 rings (SSSR count). The van der Waals surface area contributed by atoms with Gasteiger partial charge < -0.3 is 14.7 Å². The van der Waals surface area contributed by atoms with Crippen LogP contribution in [-0.2, 0) is 16.1 Å². The van der Waals surface area contributed by atoms with E-state index in [0.29, 0.717) is 32.5 Å². The molecule has 1 aliphatic carbocycles. The Morgan fingerprint density at radius 3 is 2.71 bits per heavy atom. The SMILES string of the molecule is O=C(O)C1CCC1C(=O)N1CCOc2ccc(Br)cc2C1. The summed E-state index contributed by atoms with van der Waals surface area (Å²) in [7, 11) is 0. The lowest BCUT2D eigenvalue weighted by Gasteiger charge is -2.35. The highest BCUT2D eigenvalue weighted by atomic mass is 79.9. The van der Waals surface area contributed by atoms with Gasteiger partial charge in [0.05, 0.1) is 18.4 Å². The number of hydrogen-bond donors (Lipinski definition) is 1. The lowest BCUT2D eigenvalue weighted by molar-refractivity contribution is -0.157. The lowest BCUT2D eigenvalue weighted by atomic mass is 9.73. The van der Waals surface area contributed by atoms with Gasteiger partial charge in [-0.05, 0) is 31.0 Å². The van der Waals surface area contributed by atoms with Crippen LogP contribution in [0.15, 0.2) is 22.7 Å². The van der Waals surface area contributed by atoms with Gasteiger partial charge in [0.15, 0.2) is 0 Å². The number of hydrogen-bond acceptors (Lipinski definition) is 3. The Morgan fingerprint density at radius 2 is 2.05 bits per heavy atom. The Bertz CT molecular complexity index is 589. The number of carboxylic acids is 1. The number of aliphatic carboxylic acids is 1. The molecule has 112 valence electrons. The number of fused-ring (bicyclic) bond motifs is 1. The Morgan fingerprint density at radius 1 is 1.29 bits per heavy atom. The van der Waals surface area contributed by atoms with Crippen molar-refractivity contribution in [2.75, 3.05) is 13.2 Å². The van der Waals surface area contributed by atoms with Crippen molar-refractivity contribution < 1.29 is 19.4 Å². The van der Waals surface area contributed by atoms with Gasteiger partial charge in [0.2, 0.25) is 5.91 Å². The van der Waals surface area contributed by atoms with E-state index < -0.39 is 11.9 Å². The molecule has 1 fully saturated rings. The number of amides is 1. The maximum atomic E-state index is 12.5. The fourth-order valence-corrected chi connectivity index (χ4v) is 3.29. The zero-order valence-corrected chi connectivity index (χ0v) is 13.0. The van der Waals surface area contributed by atoms with E-state index in [4.69, 9.17) is 9.84 Å². The van der Waals surface area contributed by atoms with E-state index in [1.54, 1.807) is 4.90 Å². The summed E-state index contributed by atoms with van der Waals surface area (Å²) in [6.45, 7) is 1.40. The summed E-state index contributed by atoms with van der Waals surface area (Å²) >= 11 is 3.42. The summed E-state index contributed by atoms with van der Waals surface area (Å²) in [6, 6.07) is 5.73. The molecule has 0 aromatic heterocycles. The van der Waals surface area contributed by atoms with Crippen molar-refractivity contribution in [3.05, 3.63) is 28.2 Å². The molecule has 0 bridgehead atoms. The van der Waals surface area contributed by atoms with Gasteiger partial charge >= 0.3 is 5.97 Å². The molecule has 1 aromatic rings. The molecule has 1 aliphatic heterocycles. The topological polar surface area (TPSA) is 66.8 Å². The van der Waals surface area contributed by atoms with E-state index in [2.05, 4.69) is 15.9 Å². The predicted molar refractivity (Wildman–Crippen MR) is 78.9 cm³/mol. The smallest absolute Gasteiger partial charge is 0.307 e. The van der Waals surface area contributed by atoms with Crippen LogP contribution in [0.4, 0.5) is 0 Å². The fourth-order valence-electron chi connectivity index (χ4n) is 2.88. The quantitative estimate of drug-likeness (QED) is 0.885. The van der Waals surface area contributed by atoms with Crippen LogP contribution in [0.2, 0.25) is 0 Å². The number of ether oxygens (including phenoxy) is 1. The van der Waals surface area contributed by atoms with Crippen molar-refractivity contribution in [3.63, 3.8) is 0 Å².